The Morgan fingerprint density at radius 3 is 2.26 bits per heavy atom. The van der Waals surface area contributed by atoms with Crippen LogP contribution in [0.15, 0.2) is 65.8 Å². The van der Waals surface area contributed by atoms with E-state index in [4.69, 9.17) is 0 Å². The summed E-state index contributed by atoms with van der Waals surface area (Å²) in [5, 5.41) is 22.7. The van der Waals surface area contributed by atoms with Crippen molar-refractivity contribution < 1.29 is 18.5 Å². The molecule has 0 saturated carbocycles. The van der Waals surface area contributed by atoms with E-state index >= 15 is 0 Å². The molecular weight excluding hydrogens is 476 g/mol. The Morgan fingerprint density at radius 1 is 1.00 bits per heavy atom. The lowest BCUT2D eigenvalue weighted by Gasteiger charge is -2.12. The molecule has 1 N–H and O–H groups in total. The highest BCUT2D eigenvalue weighted by molar-refractivity contribution is 7.99. The number of rotatable bonds is 7. The van der Waals surface area contributed by atoms with Crippen LogP contribution in [-0.2, 0) is 4.79 Å². The second kappa shape index (κ2) is 10.0. The van der Waals surface area contributed by atoms with Crippen molar-refractivity contribution in [2.24, 2.45) is 0 Å². The van der Waals surface area contributed by atoms with Gasteiger partial charge in [-0.3, -0.25) is 19.5 Å². The van der Waals surface area contributed by atoms with Crippen LogP contribution in [0.25, 0.3) is 17.1 Å². The number of halogens is 2. The van der Waals surface area contributed by atoms with E-state index in [0.29, 0.717) is 27.8 Å². The van der Waals surface area contributed by atoms with E-state index in [-0.39, 0.29) is 17.1 Å². The zero-order chi connectivity index (χ0) is 25.1. The second-order valence-electron chi connectivity index (χ2n) is 7.62. The van der Waals surface area contributed by atoms with E-state index in [1.807, 2.05) is 0 Å². The third-order valence-corrected chi connectivity index (χ3v) is 6.26. The average molecular weight is 496 g/mol. The highest BCUT2D eigenvalue weighted by Gasteiger charge is 2.21. The summed E-state index contributed by atoms with van der Waals surface area (Å²) in [6.45, 7) is 3.50. The van der Waals surface area contributed by atoms with E-state index in [0.717, 1.165) is 17.3 Å². The van der Waals surface area contributed by atoms with Gasteiger partial charge >= 0.3 is 0 Å². The van der Waals surface area contributed by atoms with Gasteiger partial charge in [0.1, 0.15) is 17.3 Å². The van der Waals surface area contributed by atoms with Crippen molar-refractivity contribution in [3.05, 3.63) is 93.5 Å². The molecular formula is C24H19F2N5O3S. The van der Waals surface area contributed by atoms with Crippen molar-refractivity contribution in [1.82, 2.24) is 14.8 Å². The molecule has 3 aromatic carbocycles. The number of thioether (sulfide) groups is 1. The smallest absolute Gasteiger partial charge is 0.293 e. The number of nitro groups is 1. The fraction of sp³-hybridized carbons (Fsp3) is 0.125. The molecule has 4 rings (SSSR count). The molecule has 1 aromatic heterocycles. The summed E-state index contributed by atoms with van der Waals surface area (Å²) in [5.74, 6) is -1.04. The molecule has 0 saturated heterocycles. The quantitative estimate of drug-likeness (QED) is 0.207. The van der Waals surface area contributed by atoms with Crippen molar-refractivity contribution in [3.63, 3.8) is 0 Å². The van der Waals surface area contributed by atoms with Gasteiger partial charge in [0, 0.05) is 17.3 Å². The Morgan fingerprint density at radius 2 is 1.63 bits per heavy atom. The minimum Gasteiger partial charge on any atom is -0.319 e. The molecule has 1 heterocycles. The summed E-state index contributed by atoms with van der Waals surface area (Å²) in [5.41, 5.74) is 2.48. The molecule has 0 radical (unpaired) electrons. The lowest BCUT2D eigenvalue weighted by Crippen LogP contribution is -2.17. The summed E-state index contributed by atoms with van der Waals surface area (Å²) in [6, 6.07) is 14.3. The van der Waals surface area contributed by atoms with Crippen LogP contribution in [0, 0.1) is 35.6 Å². The number of carbonyl (C=O) groups excluding carboxylic acids is 1. The first-order chi connectivity index (χ1) is 16.7. The number of hydrogen-bond donors (Lipinski definition) is 1. The van der Waals surface area contributed by atoms with E-state index < -0.39 is 22.5 Å². The van der Waals surface area contributed by atoms with Crippen LogP contribution >= 0.6 is 11.8 Å². The van der Waals surface area contributed by atoms with Crippen molar-refractivity contribution >= 4 is 29.0 Å². The molecule has 178 valence electrons. The number of aromatic nitrogens is 3. The van der Waals surface area contributed by atoms with Crippen LogP contribution in [-0.4, -0.2) is 31.3 Å². The number of anilines is 1. The molecule has 0 bridgehead atoms. The van der Waals surface area contributed by atoms with Gasteiger partial charge in [-0.1, -0.05) is 17.8 Å². The van der Waals surface area contributed by atoms with Gasteiger partial charge in [-0.15, -0.1) is 10.2 Å². The number of nitrogens with one attached hydrogen (secondary N) is 1. The van der Waals surface area contributed by atoms with Crippen LogP contribution in [0.5, 0.6) is 0 Å². The number of nitrogens with zero attached hydrogens (tertiary/aromatic N) is 4. The third-order valence-electron chi connectivity index (χ3n) is 5.33. The molecule has 4 aromatic rings. The van der Waals surface area contributed by atoms with E-state index in [1.165, 1.54) is 42.5 Å². The first kappa shape index (κ1) is 24.0. The number of amides is 1. The number of aryl methyl sites for hydroxylation is 1. The topological polar surface area (TPSA) is 103 Å². The maximum atomic E-state index is 13.5. The SMILES string of the molecule is Cc1ccc([N+](=O)[O-])c(NC(=O)CSc2nnc(-c3ccc(F)cc3)n2-c2ccc(F)cc2)c1C. The molecule has 0 aliphatic carbocycles. The summed E-state index contributed by atoms with van der Waals surface area (Å²) < 4.78 is 28.6. The van der Waals surface area contributed by atoms with Gasteiger partial charge in [0.25, 0.3) is 5.69 Å². The van der Waals surface area contributed by atoms with Crippen LogP contribution in [0.4, 0.5) is 20.2 Å². The summed E-state index contributed by atoms with van der Waals surface area (Å²) in [4.78, 5) is 23.6. The lowest BCUT2D eigenvalue weighted by atomic mass is 10.1. The monoisotopic (exact) mass is 495 g/mol. The normalized spacial score (nSPS) is 10.9. The number of benzene rings is 3. The average Bonchev–Trinajstić information content (AvgIpc) is 3.25. The number of nitro benzene ring substituents is 1. The first-order valence-corrected chi connectivity index (χ1v) is 11.4. The van der Waals surface area contributed by atoms with Crippen LogP contribution in [0.3, 0.4) is 0 Å². The minimum absolute atomic E-state index is 0.118. The van der Waals surface area contributed by atoms with Crippen molar-refractivity contribution in [2.45, 2.75) is 19.0 Å². The highest BCUT2D eigenvalue weighted by Crippen LogP contribution is 2.31. The van der Waals surface area contributed by atoms with E-state index in [9.17, 15) is 23.7 Å². The second-order valence-corrected chi connectivity index (χ2v) is 8.56. The van der Waals surface area contributed by atoms with Crippen molar-refractivity contribution in [3.8, 4) is 17.1 Å². The first-order valence-electron chi connectivity index (χ1n) is 10.4. The molecule has 0 atom stereocenters. The standard InChI is InChI=1S/C24H19F2N5O3S/c1-14-3-12-20(31(33)34)22(15(14)2)27-21(32)13-35-24-29-28-23(16-4-6-17(25)7-5-16)30(24)19-10-8-18(26)9-11-19/h3-12H,13H2,1-2H3,(H,27,32). The summed E-state index contributed by atoms with van der Waals surface area (Å²) in [6.07, 6.45) is 0. The van der Waals surface area contributed by atoms with E-state index in [1.54, 1.807) is 36.6 Å². The van der Waals surface area contributed by atoms with Crippen molar-refractivity contribution in [1.29, 1.82) is 0 Å². The van der Waals surface area contributed by atoms with Crippen LogP contribution < -0.4 is 5.32 Å². The zero-order valence-corrected chi connectivity index (χ0v) is 19.5. The summed E-state index contributed by atoms with van der Waals surface area (Å²) >= 11 is 1.06. The predicted octanol–water partition coefficient (Wildman–Crippen LogP) is 5.47. The van der Waals surface area contributed by atoms with Crippen molar-refractivity contribution in [2.75, 3.05) is 11.1 Å². The van der Waals surface area contributed by atoms with Gasteiger partial charge in [0.2, 0.25) is 5.91 Å². The fourth-order valence-electron chi connectivity index (χ4n) is 3.39. The number of carbonyl (C=O) groups is 1. The number of hydrogen-bond acceptors (Lipinski definition) is 6. The Kier molecular flexibility index (Phi) is 6.87. The molecule has 1 amide bonds. The molecule has 0 aliphatic heterocycles. The molecule has 8 nitrogen and oxygen atoms in total. The third kappa shape index (κ3) is 5.19. The molecule has 0 unspecified atom stereocenters. The van der Waals surface area contributed by atoms with Crippen LogP contribution in [0.1, 0.15) is 11.1 Å². The molecule has 11 heteroatoms. The minimum atomic E-state index is -0.546. The largest absolute Gasteiger partial charge is 0.319 e. The maximum Gasteiger partial charge on any atom is 0.293 e. The fourth-order valence-corrected chi connectivity index (χ4v) is 4.14. The molecule has 0 fully saturated rings. The summed E-state index contributed by atoms with van der Waals surface area (Å²) in [7, 11) is 0. The lowest BCUT2D eigenvalue weighted by molar-refractivity contribution is -0.384. The van der Waals surface area contributed by atoms with Gasteiger partial charge in [-0.05, 0) is 73.5 Å². The Bertz CT molecular complexity index is 1410. The molecule has 0 aliphatic rings. The Labute approximate surface area is 203 Å². The highest BCUT2D eigenvalue weighted by atomic mass is 32.2. The zero-order valence-electron chi connectivity index (χ0n) is 18.7. The predicted molar refractivity (Wildman–Crippen MR) is 129 cm³/mol. The van der Waals surface area contributed by atoms with Gasteiger partial charge < -0.3 is 5.32 Å². The van der Waals surface area contributed by atoms with Gasteiger partial charge in [-0.25, -0.2) is 8.78 Å². The molecule has 35 heavy (non-hydrogen) atoms. The van der Waals surface area contributed by atoms with Gasteiger partial charge in [-0.2, -0.15) is 0 Å². The van der Waals surface area contributed by atoms with Gasteiger partial charge in [0.15, 0.2) is 11.0 Å². The Balaban J connectivity index is 1.62. The molecule has 0 spiro atoms. The van der Waals surface area contributed by atoms with Gasteiger partial charge in [0.05, 0.1) is 10.7 Å². The Hall–Kier alpha value is -4.12. The van der Waals surface area contributed by atoms with E-state index in [2.05, 4.69) is 15.5 Å². The maximum absolute atomic E-state index is 13.5. The van der Waals surface area contributed by atoms with Crippen LogP contribution in [0.2, 0.25) is 0 Å².